The molecule has 1 amide bonds. The number of H-pyrrole nitrogens is 1. The molecule has 7 heteroatoms. The zero-order chi connectivity index (χ0) is 8.55. The molecule has 6 nitrogen and oxygen atoms in total. The number of aromatic amines is 1. The number of aromatic nitrogens is 4. The van der Waals surface area contributed by atoms with Crippen molar-refractivity contribution in [3.8, 4) is 0 Å². The number of alkyl halides is 1. The van der Waals surface area contributed by atoms with Gasteiger partial charge < -0.3 is 0 Å². The van der Waals surface area contributed by atoms with Crippen LogP contribution in [0.1, 0.15) is 6.42 Å². The van der Waals surface area contributed by atoms with Gasteiger partial charge in [-0.15, -0.1) is 5.10 Å². The average molecular weight is 171 g/mol. The molecule has 0 saturated carbocycles. The summed E-state index contributed by atoms with van der Waals surface area (Å²) >= 11 is 0. The van der Waals surface area contributed by atoms with Gasteiger partial charge in [0.05, 0.1) is 12.5 Å². The van der Waals surface area contributed by atoms with E-state index in [0.717, 1.165) is 0 Å². The number of rotatable bonds is 2. The van der Waals surface area contributed by atoms with E-state index < -0.39 is 12.7 Å². The second kappa shape index (κ2) is 2.50. The van der Waals surface area contributed by atoms with Crippen LogP contribution >= 0.6 is 0 Å². The standard InChI is InChI=1S/C5H6FN5O/c6-2-3-1-4(12)11(3)5-7-9-10-8-5/h3H,1-2H2,(H,7,8,9,10). The molecule has 1 aliphatic heterocycles. The van der Waals surface area contributed by atoms with Crippen LogP contribution in [0.3, 0.4) is 0 Å². The Kier molecular flexibility index (Phi) is 1.49. The maximum Gasteiger partial charge on any atom is 0.272 e. The molecule has 0 bridgehead atoms. The quantitative estimate of drug-likeness (QED) is 0.595. The van der Waals surface area contributed by atoms with Crippen molar-refractivity contribution in [1.82, 2.24) is 20.6 Å². The number of halogens is 1. The lowest BCUT2D eigenvalue weighted by atomic mass is 10.1. The molecule has 1 unspecified atom stereocenters. The van der Waals surface area contributed by atoms with E-state index >= 15 is 0 Å². The summed E-state index contributed by atoms with van der Waals surface area (Å²) < 4.78 is 12.2. The smallest absolute Gasteiger partial charge is 0.272 e. The number of carbonyl (C=O) groups excluding carboxylic acids is 1. The summed E-state index contributed by atoms with van der Waals surface area (Å²) in [6.45, 7) is -0.569. The van der Waals surface area contributed by atoms with Crippen molar-refractivity contribution in [3.05, 3.63) is 0 Å². The number of hydrogen-bond acceptors (Lipinski definition) is 4. The molecule has 1 fully saturated rings. The monoisotopic (exact) mass is 171 g/mol. The summed E-state index contributed by atoms with van der Waals surface area (Å²) in [7, 11) is 0. The van der Waals surface area contributed by atoms with Gasteiger partial charge in [-0.25, -0.2) is 4.39 Å². The van der Waals surface area contributed by atoms with Crippen LogP contribution in [-0.4, -0.2) is 39.2 Å². The van der Waals surface area contributed by atoms with Gasteiger partial charge in [-0.05, 0) is 5.21 Å². The Bertz CT molecular complexity index is 286. The number of amides is 1. The zero-order valence-electron chi connectivity index (χ0n) is 6.07. The Morgan fingerprint density at radius 1 is 1.75 bits per heavy atom. The van der Waals surface area contributed by atoms with Crippen LogP contribution in [0, 0.1) is 0 Å². The molecule has 0 spiro atoms. The third-order valence-electron chi connectivity index (χ3n) is 1.77. The van der Waals surface area contributed by atoms with Gasteiger partial charge in [0.25, 0.3) is 5.95 Å². The Hall–Kier alpha value is -1.53. The Morgan fingerprint density at radius 2 is 2.58 bits per heavy atom. The zero-order valence-corrected chi connectivity index (χ0v) is 6.07. The van der Waals surface area contributed by atoms with E-state index in [1.165, 1.54) is 4.90 Å². The highest BCUT2D eigenvalue weighted by atomic mass is 19.1. The number of β-lactam (4-membered cyclic amide) rings is 1. The molecule has 1 atom stereocenters. The maximum atomic E-state index is 12.2. The number of nitrogens with one attached hydrogen (secondary N) is 1. The molecular formula is C5H6FN5O. The van der Waals surface area contributed by atoms with E-state index in [9.17, 15) is 9.18 Å². The lowest BCUT2D eigenvalue weighted by molar-refractivity contribution is -0.124. The first-order valence-electron chi connectivity index (χ1n) is 3.44. The minimum Gasteiger partial charge on any atom is -0.274 e. The number of carbonyl (C=O) groups is 1. The third kappa shape index (κ3) is 0.858. The number of tetrazole rings is 1. The van der Waals surface area contributed by atoms with E-state index in [1.807, 2.05) is 0 Å². The van der Waals surface area contributed by atoms with Gasteiger partial charge >= 0.3 is 0 Å². The molecular weight excluding hydrogens is 165 g/mol. The first-order valence-corrected chi connectivity index (χ1v) is 3.44. The Balaban J connectivity index is 2.18. The highest BCUT2D eigenvalue weighted by Gasteiger charge is 2.39. The molecule has 0 radical (unpaired) electrons. The summed E-state index contributed by atoms with van der Waals surface area (Å²) in [4.78, 5) is 12.1. The van der Waals surface area contributed by atoms with Gasteiger partial charge in [-0.3, -0.25) is 9.69 Å². The van der Waals surface area contributed by atoms with Crippen molar-refractivity contribution < 1.29 is 9.18 Å². The van der Waals surface area contributed by atoms with Gasteiger partial charge in [0.1, 0.15) is 6.67 Å². The van der Waals surface area contributed by atoms with Gasteiger partial charge in [-0.1, -0.05) is 5.10 Å². The highest BCUT2D eigenvalue weighted by molar-refractivity contribution is 5.99. The minimum absolute atomic E-state index is 0.147. The summed E-state index contributed by atoms with van der Waals surface area (Å²) in [5, 5.41) is 12.6. The van der Waals surface area contributed by atoms with Gasteiger partial charge in [0, 0.05) is 0 Å². The van der Waals surface area contributed by atoms with Gasteiger partial charge in [-0.2, -0.15) is 5.21 Å². The summed E-state index contributed by atoms with van der Waals surface area (Å²) in [6.07, 6.45) is 0.227. The molecule has 1 aromatic rings. The fraction of sp³-hybridized carbons (Fsp3) is 0.600. The SMILES string of the molecule is O=C1CC(CF)N1c1nn[nH]n1. The second-order valence-electron chi connectivity index (χ2n) is 2.49. The van der Waals surface area contributed by atoms with E-state index in [4.69, 9.17) is 0 Å². The number of hydrogen-bond donors (Lipinski definition) is 1. The van der Waals surface area contributed by atoms with Crippen LogP contribution in [0.5, 0.6) is 0 Å². The van der Waals surface area contributed by atoms with Gasteiger partial charge in [0.2, 0.25) is 5.91 Å². The molecule has 1 saturated heterocycles. The van der Waals surface area contributed by atoms with Crippen molar-refractivity contribution in [1.29, 1.82) is 0 Å². The summed E-state index contributed by atoms with van der Waals surface area (Å²) in [5.74, 6) is -0.0204. The van der Waals surface area contributed by atoms with Crippen LogP contribution in [0.25, 0.3) is 0 Å². The van der Waals surface area contributed by atoms with Crippen LogP contribution in [0.4, 0.5) is 10.3 Å². The van der Waals surface area contributed by atoms with E-state index in [2.05, 4.69) is 20.6 Å². The third-order valence-corrected chi connectivity index (χ3v) is 1.77. The molecule has 1 N–H and O–H groups in total. The van der Waals surface area contributed by atoms with Crippen LogP contribution in [-0.2, 0) is 4.79 Å². The van der Waals surface area contributed by atoms with Gasteiger partial charge in [0.15, 0.2) is 0 Å². The lowest BCUT2D eigenvalue weighted by Crippen LogP contribution is -2.54. The fourth-order valence-corrected chi connectivity index (χ4v) is 1.14. The molecule has 2 rings (SSSR count). The Morgan fingerprint density at radius 3 is 3.08 bits per heavy atom. The highest BCUT2D eigenvalue weighted by Crippen LogP contribution is 2.23. The lowest BCUT2D eigenvalue weighted by Gasteiger charge is -2.35. The van der Waals surface area contributed by atoms with Crippen LogP contribution < -0.4 is 4.90 Å². The van der Waals surface area contributed by atoms with E-state index in [1.54, 1.807) is 0 Å². The first kappa shape index (κ1) is 7.14. The second-order valence-corrected chi connectivity index (χ2v) is 2.49. The average Bonchev–Trinajstić information content (AvgIpc) is 2.52. The van der Waals surface area contributed by atoms with Crippen LogP contribution in [0.2, 0.25) is 0 Å². The molecule has 0 aliphatic carbocycles. The number of nitrogens with zero attached hydrogens (tertiary/aromatic N) is 4. The molecule has 64 valence electrons. The summed E-state index contributed by atoms with van der Waals surface area (Å²) in [5.41, 5.74) is 0. The topological polar surface area (TPSA) is 74.8 Å². The van der Waals surface area contributed by atoms with Crippen LogP contribution in [0.15, 0.2) is 0 Å². The van der Waals surface area contributed by atoms with Crippen molar-refractivity contribution in [2.75, 3.05) is 11.6 Å². The van der Waals surface area contributed by atoms with E-state index in [-0.39, 0.29) is 18.3 Å². The fourth-order valence-electron chi connectivity index (χ4n) is 1.14. The number of anilines is 1. The maximum absolute atomic E-state index is 12.2. The van der Waals surface area contributed by atoms with Crippen molar-refractivity contribution in [2.24, 2.45) is 0 Å². The molecule has 2 heterocycles. The molecule has 1 aromatic heterocycles. The first-order chi connectivity index (χ1) is 5.83. The van der Waals surface area contributed by atoms with E-state index in [0.29, 0.717) is 0 Å². The summed E-state index contributed by atoms with van der Waals surface area (Å²) in [6, 6.07) is -0.407. The van der Waals surface area contributed by atoms with Crippen molar-refractivity contribution >= 4 is 11.9 Å². The molecule has 12 heavy (non-hydrogen) atoms. The van der Waals surface area contributed by atoms with Crippen molar-refractivity contribution in [3.63, 3.8) is 0 Å². The minimum atomic E-state index is -0.569. The van der Waals surface area contributed by atoms with Crippen molar-refractivity contribution in [2.45, 2.75) is 12.5 Å². The predicted octanol–water partition coefficient (Wildman–Crippen LogP) is -0.726. The normalized spacial score (nSPS) is 22.6. The molecule has 1 aliphatic rings. The molecule has 0 aromatic carbocycles. The Labute approximate surface area is 66.7 Å². The largest absolute Gasteiger partial charge is 0.274 e. The predicted molar refractivity (Wildman–Crippen MR) is 36.0 cm³/mol.